The Kier molecular flexibility index (Phi) is 5.92. The van der Waals surface area contributed by atoms with Gasteiger partial charge in [-0.05, 0) is 29.5 Å². The van der Waals surface area contributed by atoms with E-state index in [9.17, 15) is 9.59 Å². The van der Waals surface area contributed by atoms with Gasteiger partial charge in [-0.1, -0.05) is 45.0 Å². The predicted molar refractivity (Wildman–Crippen MR) is 86.1 cm³/mol. The van der Waals surface area contributed by atoms with Gasteiger partial charge in [-0.25, -0.2) is 0 Å². The van der Waals surface area contributed by atoms with Gasteiger partial charge in [-0.2, -0.15) is 0 Å². The van der Waals surface area contributed by atoms with Gasteiger partial charge in [-0.15, -0.1) is 0 Å². The fraction of sp³-hybridized carbons (Fsp3) is 0.444. The van der Waals surface area contributed by atoms with Crippen molar-refractivity contribution in [3.8, 4) is 0 Å². The van der Waals surface area contributed by atoms with Gasteiger partial charge in [0.05, 0.1) is 0 Å². The van der Waals surface area contributed by atoms with Crippen molar-refractivity contribution in [2.45, 2.75) is 53.2 Å². The summed E-state index contributed by atoms with van der Waals surface area (Å²) in [6, 6.07) is 8.10. The molecule has 4 heteroatoms. The van der Waals surface area contributed by atoms with E-state index in [4.69, 9.17) is 9.47 Å². The highest BCUT2D eigenvalue weighted by Gasteiger charge is 2.17. The molecule has 1 aromatic carbocycles. The molecule has 4 nitrogen and oxygen atoms in total. The third-order valence-corrected chi connectivity index (χ3v) is 3.09. The van der Waals surface area contributed by atoms with Crippen LogP contribution in [0.1, 0.15) is 52.7 Å². The summed E-state index contributed by atoms with van der Waals surface area (Å²) in [7, 11) is 0. The summed E-state index contributed by atoms with van der Waals surface area (Å²) >= 11 is 0. The van der Waals surface area contributed by atoms with Crippen molar-refractivity contribution in [2.75, 3.05) is 0 Å². The molecule has 0 saturated heterocycles. The van der Waals surface area contributed by atoms with Crippen LogP contribution in [0, 0.1) is 0 Å². The molecule has 0 atom stereocenters. The Morgan fingerprint density at radius 3 is 1.77 bits per heavy atom. The topological polar surface area (TPSA) is 52.6 Å². The van der Waals surface area contributed by atoms with Gasteiger partial charge in [0, 0.05) is 19.4 Å². The summed E-state index contributed by atoms with van der Waals surface area (Å²) in [5.74, 6) is -0.996. The molecule has 0 saturated carbocycles. The van der Waals surface area contributed by atoms with E-state index in [1.165, 1.54) is 19.4 Å². The van der Waals surface area contributed by atoms with Crippen molar-refractivity contribution in [2.24, 2.45) is 0 Å². The van der Waals surface area contributed by atoms with E-state index in [0.29, 0.717) is 5.57 Å². The number of carbonyl (C=O) groups is 2. The van der Waals surface area contributed by atoms with Crippen LogP contribution in [-0.2, 0) is 24.5 Å². The highest BCUT2D eigenvalue weighted by molar-refractivity contribution is 5.69. The van der Waals surface area contributed by atoms with E-state index in [2.05, 4.69) is 32.9 Å². The van der Waals surface area contributed by atoms with Crippen molar-refractivity contribution < 1.29 is 19.1 Å². The molecule has 0 heterocycles. The maximum absolute atomic E-state index is 11.1. The molecule has 0 N–H and O–H groups in total. The van der Waals surface area contributed by atoms with E-state index in [-0.39, 0.29) is 5.41 Å². The van der Waals surface area contributed by atoms with Gasteiger partial charge in [0.1, 0.15) is 0 Å². The molecule has 0 aliphatic carbocycles. The normalized spacial score (nSPS) is 12.2. The fourth-order valence-corrected chi connectivity index (χ4v) is 1.92. The Morgan fingerprint density at radius 2 is 1.41 bits per heavy atom. The van der Waals surface area contributed by atoms with Crippen molar-refractivity contribution in [3.63, 3.8) is 0 Å². The van der Waals surface area contributed by atoms with Crippen LogP contribution in [-0.4, -0.2) is 18.2 Å². The first-order valence-electron chi connectivity index (χ1n) is 7.23. The van der Waals surface area contributed by atoms with Crippen LogP contribution >= 0.6 is 0 Å². The second-order valence-electron chi connectivity index (χ2n) is 6.31. The number of esters is 2. The SMILES string of the molecule is CC(=O)OC(OC(C)=O)/C(C)=C/c1ccc(C(C)(C)C)cc1. The lowest BCUT2D eigenvalue weighted by atomic mass is 9.86. The first-order chi connectivity index (χ1) is 10.1. The Morgan fingerprint density at radius 1 is 0.955 bits per heavy atom. The predicted octanol–water partition coefficient (Wildman–Crippen LogP) is 3.84. The summed E-state index contributed by atoms with van der Waals surface area (Å²) in [6.07, 6.45) is 0.848. The van der Waals surface area contributed by atoms with Gasteiger partial charge in [0.2, 0.25) is 0 Å². The lowest BCUT2D eigenvalue weighted by Gasteiger charge is -2.19. The molecule has 0 radical (unpaired) electrons. The molecule has 0 amide bonds. The standard InChI is InChI=1S/C18H24O4/c1-12(17(21-13(2)19)22-14(3)20)11-15-7-9-16(10-8-15)18(4,5)6/h7-11,17H,1-6H3/b12-11+. The zero-order valence-electron chi connectivity index (χ0n) is 14.1. The van der Waals surface area contributed by atoms with Gasteiger partial charge >= 0.3 is 11.9 Å². The molecule has 0 bridgehead atoms. The fourth-order valence-electron chi connectivity index (χ4n) is 1.92. The third kappa shape index (κ3) is 5.72. The largest absolute Gasteiger partial charge is 0.421 e. The second kappa shape index (κ2) is 7.25. The van der Waals surface area contributed by atoms with Crippen molar-refractivity contribution >= 4 is 18.0 Å². The van der Waals surface area contributed by atoms with Gasteiger partial charge in [0.25, 0.3) is 6.29 Å². The maximum atomic E-state index is 11.1. The molecule has 1 rings (SSSR count). The first-order valence-corrected chi connectivity index (χ1v) is 7.23. The van der Waals surface area contributed by atoms with Crippen LogP contribution in [0.4, 0.5) is 0 Å². The van der Waals surface area contributed by atoms with E-state index in [1.807, 2.05) is 18.2 Å². The van der Waals surface area contributed by atoms with Crippen LogP contribution in [0.2, 0.25) is 0 Å². The van der Waals surface area contributed by atoms with Crippen LogP contribution in [0.5, 0.6) is 0 Å². The van der Waals surface area contributed by atoms with E-state index < -0.39 is 18.2 Å². The van der Waals surface area contributed by atoms with Gasteiger partial charge < -0.3 is 9.47 Å². The first kappa shape index (κ1) is 18.0. The number of benzene rings is 1. The highest BCUT2D eigenvalue weighted by Crippen LogP contribution is 2.23. The van der Waals surface area contributed by atoms with Crippen molar-refractivity contribution in [1.29, 1.82) is 0 Å². The van der Waals surface area contributed by atoms with E-state index in [0.717, 1.165) is 5.56 Å². The molecule has 0 fully saturated rings. The minimum absolute atomic E-state index is 0.0926. The third-order valence-electron chi connectivity index (χ3n) is 3.09. The zero-order chi connectivity index (χ0) is 16.9. The van der Waals surface area contributed by atoms with E-state index >= 15 is 0 Å². The molecule has 0 spiro atoms. The molecule has 0 aromatic heterocycles. The number of carbonyl (C=O) groups excluding carboxylic acids is 2. The van der Waals surface area contributed by atoms with Gasteiger partial charge in [-0.3, -0.25) is 9.59 Å². The average molecular weight is 304 g/mol. The highest BCUT2D eigenvalue weighted by atomic mass is 16.7. The Hall–Kier alpha value is -2.10. The van der Waals surface area contributed by atoms with Crippen LogP contribution in [0.15, 0.2) is 29.8 Å². The molecule has 0 unspecified atom stereocenters. The van der Waals surface area contributed by atoms with Crippen molar-refractivity contribution in [3.05, 3.63) is 41.0 Å². The van der Waals surface area contributed by atoms with Crippen LogP contribution in [0.25, 0.3) is 6.08 Å². The number of rotatable bonds is 4. The Bertz CT molecular complexity index is 546. The summed E-state index contributed by atoms with van der Waals surface area (Å²) < 4.78 is 10.0. The molecule has 1 aromatic rings. The van der Waals surface area contributed by atoms with Crippen LogP contribution in [0.3, 0.4) is 0 Å². The number of ether oxygens (including phenoxy) is 2. The second-order valence-corrected chi connectivity index (χ2v) is 6.31. The minimum atomic E-state index is -0.989. The summed E-state index contributed by atoms with van der Waals surface area (Å²) in [5.41, 5.74) is 2.93. The molecule has 0 aliphatic heterocycles. The molecular weight excluding hydrogens is 280 g/mol. The quantitative estimate of drug-likeness (QED) is 0.626. The van der Waals surface area contributed by atoms with Crippen LogP contribution < -0.4 is 0 Å². The zero-order valence-corrected chi connectivity index (χ0v) is 14.1. The molecule has 120 valence electrons. The smallest absolute Gasteiger partial charge is 0.305 e. The summed E-state index contributed by atoms with van der Waals surface area (Å²) in [5, 5.41) is 0. The van der Waals surface area contributed by atoms with E-state index in [1.54, 1.807) is 6.92 Å². The summed E-state index contributed by atoms with van der Waals surface area (Å²) in [4.78, 5) is 22.2. The Balaban J connectivity index is 2.97. The van der Waals surface area contributed by atoms with Crippen molar-refractivity contribution in [1.82, 2.24) is 0 Å². The monoisotopic (exact) mass is 304 g/mol. The summed E-state index contributed by atoms with van der Waals surface area (Å²) in [6.45, 7) is 10.8. The average Bonchev–Trinajstić information content (AvgIpc) is 2.36. The molecule has 22 heavy (non-hydrogen) atoms. The Labute approximate surface area is 132 Å². The molecule has 0 aliphatic rings. The number of hydrogen-bond donors (Lipinski definition) is 0. The lowest BCUT2D eigenvalue weighted by molar-refractivity contribution is -0.177. The van der Waals surface area contributed by atoms with Gasteiger partial charge in [0.15, 0.2) is 0 Å². The maximum Gasteiger partial charge on any atom is 0.305 e. The number of hydrogen-bond acceptors (Lipinski definition) is 4. The minimum Gasteiger partial charge on any atom is -0.421 e. The lowest BCUT2D eigenvalue weighted by Crippen LogP contribution is -2.23. The molecular formula is C18H24O4.